The molecular weight excluding hydrogens is 188 g/mol. The Morgan fingerprint density at radius 3 is 2.14 bits per heavy atom. The first-order valence-corrected chi connectivity index (χ1v) is 4.26. The molecule has 7 heteroatoms. The van der Waals surface area contributed by atoms with Gasteiger partial charge in [0, 0.05) is 13.1 Å². The van der Waals surface area contributed by atoms with E-state index in [1.54, 1.807) is 0 Å². The van der Waals surface area contributed by atoms with Gasteiger partial charge in [0.05, 0.1) is 5.66 Å². The third kappa shape index (κ3) is 17.3. The van der Waals surface area contributed by atoms with Crippen molar-refractivity contribution in [2.45, 2.75) is 19.0 Å². The number of carbonyl (C=O) groups is 1. The zero-order chi connectivity index (χ0) is 11.6. The highest BCUT2D eigenvalue weighted by Gasteiger charge is 2.14. The summed E-state index contributed by atoms with van der Waals surface area (Å²) in [4.78, 5) is 8.56. The molecule has 0 aliphatic heterocycles. The van der Waals surface area contributed by atoms with Crippen LogP contribution < -0.4 is 22.5 Å². The fraction of sp³-hybridized carbons (Fsp3) is 0.857. The Labute approximate surface area is 83.3 Å². The minimum atomic E-state index is -1.83. The van der Waals surface area contributed by atoms with Crippen LogP contribution in [0.5, 0.6) is 0 Å². The van der Waals surface area contributed by atoms with Gasteiger partial charge in [0.2, 0.25) is 0 Å². The highest BCUT2D eigenvalue weighted by atomic mass is 16.6. The predicted octanol–water partition coefficient (Wildman–Crippen LogP) is -1.22. The lowest BCUT2D eigenvalue weighted by Crippen LogP contribution is -2.61. The van der Waals surface area contributed by atoms with Gasteiger partial charge in [-0.2, -0.15) is 0 Å². The van der Waals surface area contributed by atoms with Crippen LogP contribution in [-0.4, -0.2) is 41.7 Å². The molecule has 0 atom stereocenters. The number of hydrogen-bond donors (Lipinski definition) is 6. The highest BCUT2D eigenvalue weighted by Crippen LogP contribution is 1.82. The zero-order valence-corrected chi connectivity index (χ0v) is 8.36. The molecule has 0 aliphatic rings. The standard InChI is InChI=1S/C6H18N4.CH2O3/c1-2-3-10-5-6(8,9)4-7;2-1(3)4/h10H,2-5,7-9H2,1H3;(H2,2,3,4). The maximum atomic E-state index is 8.56. The minimum Gasteiger partial charge on any atom is -0.450 e. The zero-order valence-electron chi connectivity index (χ0n) is 8.36. The molecule has 0 aromatic rings. The molecule has 0 rings (SSSR count). The number of nitrogens with two attached hydrogens (primary N) is 3. The minimum absolute atomic E-state index is 0.309. The van der Waals surface area contributed by atoms with Crippen molar-refractivity contribution in [3.05, 3.63) is 0 Å². The van der Waals surface area contributed by atoms with Crippen molar-refractivity contribution in [3.8, 4) is 0 Å². The van der Waals surface area contributed by atoms with Gasteiger partial charge in [-0.25, -0.2) is 4.79 Å². The Morgan fingerprint density at radius 2 is 1.86 bits per heavy atom. The fourth-order valence-corrected chi connectivity index (χ4v) is 0.570. The summed E-state index contributed by atoms with van der Waals surface area (Å²) in [6.45, 7) is 3.92. The van der Waals surface area contributed by atoms with Crippen LogP contribution in [-0.2, 0) is 0 Å². The maximum absolute atomic E-state index is 8.56. The lowest BCUT2D eigenvalue weighted by molar-refractivity contribution is 0.137. The van der Waals surface area contributed by atoms with E-state index in [-0.39, 0.29) is 0 Å². The summed E-state index contributed by atoms with van der Waals surface area (Å²) in [5.41, 5.74) is 15.7. The summed E-state index contributed by atoms with van der Waals surface area (Å²) < 4.78 is 0. The maximum Gasteiger partial charge on any atom is 0.503 e. The molecule has 0 radical (unpaired) electrons. The van der Waals surface area contributed by atoms with Crippen LogP contribution in [0.25, 0.3) is 0 Å². The first kappa shape index (κ1) is 15.6. The first-order valence-electron chi connectivity index (χ1n) is 4.26. The van der Waals surface area contributed by atoms with Gasteiger partial charge < -0.3 is 32.7 Å². The van der Waals surface area contributed by atoms with Crippen molar-refractivity contribution in [3.63, 3.8) is 0 Å². The average molecular weight is 208 g/mol. The molecule has 14 heavy (non-hydrogen) atoms. The van der Waals surface area contributed by atoms with E-state index in [0.29, 0.717) is 13.1 Å². The summed E-state index contributed by atoms with van der Waals surface area (Å²) in [5.74, 6) is 0. The molecule has 0 saturated carbocycles. The number of carboxylic acid groups (broad SMARTS) is 2. The van der Waals surface area contributed by atoms with Gasteiger partial charge in [-0.05, 0) is 13.0 Å². The Morgan fingerprint density at radius 1 is 1.43 bits per heavy atom. The molecule has 9 N–H and O–H groups in total. The molecule has 0 fully saturated rings. The van der Waals surface area contributed by atoms with Gasteiger partial charge in [0.25, 0.3) is 0 Å². The Bertz CT molecular complexity index is 148. The van der Waals surface area contributed by atoms with Crippen LogP contribution in [0.4, 0.5) is 4.79 Å². The van der Waals surface area contributed by atoms with Gasteiger partial charge >= 0.3 is 6.16 Å². The number of rotatable bonds is 5. The van der Waals surface area contributed by atoms with E-state index in [0.717, 1.165) is 13.0 Å². The van der Waals surface area contributed by atoms with Crippen LogP contribution in [0.15, 0.2) is 0 Å². The van der Waals surface area contributed by atoms with Gasteiger partial charge in [-0.15, -0.1) is 0 Å². The van der Waals surface area contributed by atoms with Gasteiger partial charge in [-0.3, -0.25) is 0 Å². The van der Waals surface area contributed by atoms with Crippen LogP contribution in [0.3, 0.4) is 0 Å². The lowest BCUT2D eigenvalue weighted by atomic mass is 10.2. The summed E-state index contributed by atoms with van der Waals surface area (Å²) in [6, 6.07) is 0. The van der Waals surface area contributed by atoms with Crippen LogP contribution in [0.1, 0.15) is 13.3 Å². The molecule has 0 heterocycles. The monoisotopic (exact) mass is 208 g/mol. The summed E-state index contributed by atoms with van der Waals surface area (Å²) in [5, 5.41) is 17.0. The van der Waals surface area contributed by atoms with E-state index in [1.807, 2.05) is 0 Å². The van der Waals surface area contributed by atoms with Gasteiger partial charge in [0.15, 0.2) is 0 Å². The summed E-state index contributed by atoms with van der Waals surface area (Å²) in [6.07, 6.45) is -0.749. The second kappa shape index (κ2) is 8.70. The number of nitrogens with one attached hydrogen (secondary N) is 1. The summed E-state index contributed by atoms with van der Waals surface area (Å²) in [7, 11) is 0. The molecule has 0 aliphatic carbocycles. The Kier molecular flexibility index (Phi) is 9.68. The SMILES string of the molecule is CCCNCC(N)(N)CN.O=C(O)O. The third-order valence-corrected chi connectivity index (χ3v) is 1.26. The van der Waals surface area contributed by atoms with E-state index in [4.69, 9.17) is 32.2 Å². The molecule has 7 nitrogen and oxygen atoms in total. The normalized spacial score (nSPS) is 10.3. The topological polar surface area (TPSA) is 148 Å². The lowest BCUT2D eigenvalue weighted by Gasteiger charge is -2.22. The smallest absolute Gasteiger partial charge is 0.450 e. The Hall–Kier alpha value is -0.890. The highest BCUT2D eigenvalue weighted by molar-refractivity contribution is 5.53. The largest absolute Gasteiger partial charge is 0.503 e. The van der Waals surface area contributed by atoms with Crippen molar-refractivity contribution >= 4 is 6.16 Å². The van der Waals surface area contributed by atoms with Crippen molar-refractivity contribution in [1.29, 1.82) is 0 Å². The second-order valence-electron chi connectivity index (χ2n) is 2.90. The molecule has 0 aromatic carbocycles. The number of hydrogen-bond acceptors (Lipinski definition) is 5. The molecule has 0 amide bonds. The third-order valence-electron chi connectivity index (χ3n) is 1.26. The van der Waals surface area contributed by atoms with Crippen molar-refractivity contribution < 1.29 is 15.0 Å². The molecule has 86 valence electrons. The first-order chi connectivity index (χ1) is 6.35. The van der Waals surface area contributed by atoms with Gasteiger partial charge in [-0.1, -0.05) is 6.92 Å². The van der Waals surface area contributed by atoms with Crippen molar-refractivity contribution in [1.82, 2.24) is 5.32 Å². The van der Waals surface area contributed by atoms with E-state index >= 15 is 0 Å². The van der Waals surface area contributed by atoms with Crippen molar-refractivity contribution in [2.75, 3.05) is 19.6 Å². The van der Waals surface area contributed by atoms with E-state index in [2.05, 4.69) is 12.2 Å². The van der Waals surface area contributed by atoms with E-state index in [9.17, 15) is 0 Å². The van der Waals surface area contributed by atoms with Crippen molar-refractivity contribution in [2.24, 2.45) is 17.2 Å². The van der Waals surface area contributed by atoms with E-state index < -0.39 is 11.8 Å². The van der Waals surface area contributed by atoms with Gasteiger partial charge in [0.1, 0.15) is 0 Å². The quantitative estimate of drug-likeness (QED) is 0.245. The molecule has 0 unspecified atom stereocenters. The van der Waals surface area contributed by atoms with Crippen LogP contribution >= 0.6 is 0 Å². The molecular formula is C7H20N4O3. The molecule has 0 bridgehead atoms. The molecule has 0 saturated heterocycles. The average Bonchev–Trinajstić information content (AvgIpc) is 2.04. The fourth-order valence-electron chi connectivity index (χ4n) is 0.570. The second-order valence-corrected chi connectivity index (χ2v) is 2.90. The molecule has 0 aromatic heterocycles. The molecule has 0 spiro atoms. The van der Waals surface area contributed by atoms with Crippen LogP contribution in [0.2, 0.25) is 0 Å². The predicted molar refractivity (Wildman–Crippen MR) is 54.0 cm³/mol. The summed E-state index contributed by atoms with van der Waals surface area (Å²) >= 11 is 0. The van der Waals surface area contributed by atoms with E-state index in [1.165, 1.54) is 0 Å². The Balaban J connectivity index is 0. The van der Waals surface area contributed by atoms with Crippen LogP contribution in [0, 0.1) is 0 Å².